The van der Waals surface area contributed by atoms with E-state index in [9.17, 15) is 9.59 Å². The van der Waals surface area contributed by atoms with Crippen LogP contribution in [0.15, 0.2) is 24.3 Å². The number of carbonyl (C=O) groups is 2. The number of ether oxygens (including phenoxy) is 2. The fraction of sp³-hybridized carbons (Fsp3) is 0.579. The van der Waals surface area contributed by atoms with E-state index in [0.29, 0.717) is 19.6 Å². The standard InChI is InChI=1S/C19H27N3O5/c1-19(2,3)27-17(24)21-10-8-20(9-11-21)14-4-6-15(7-5-14)22-12-16(13-23)26-18(22)25/h4-7,16,23H,8-13H2,1-3H3. The van der Waals surface area contributed by atoms with E-state index in [1.807, 2.05) is 45.0 Å². The lowest BCUT2D eigenvalue weighted by Crippen LogP contribution is -2.50. The molecule has 0 aliphatic carbocycles. The molecule has 27 heavy (non-hydrogen) atoms. The first kappa shape index (κ1) is 19.3. The van der Waals surface area contributed by atoms with Gasteiger partial charge in [-0.25, -0.2) is 9.59 Å². The Bertz CT molecular complexity index is 678. The molecule has 2 heterocycles. The largest absolute Gasteiger partial charge is 0.444 e. The molecule has 1 aromatic carbocycles. The van der Waals surface area contributed by atoms with Crippen molar-refractivity contribution in [3.8, 4) is 0 Å². The van der Waals surface area contributed by atoms with Gasteiger partial charge in [0.25, 0.3) is 0 Å². The van der Waals surface area contributed by atoms with Gasteiger partial charge in [-0.1, -0.05) is 0 Å². The maximum absolute atomic E-state index is 12.1. The summed E-state index contributed by atoms with van der Waals surface area (Å²) in [7, 11) is 0. The molecule has 2 aliphatic rings. The summed E-state index contributed by atoms with van der Waals surface area (Å²) in [5, 5.41) is 9.14. The summed E-state index contributed by atoms with van der Waals surface area (Å²) in [5.74, 6) is 0. The van der Waals surface area contributed by atoms with Crippen LogP contribution in [0.2, 0.25) is 0 Å². The van der Waals surface area contributed by atoms with Gasteiger partial charge in [0, 0.05) is 37.6 Å². The van der Waals surface area contributed by atoms with Crippen LogP contribution in [-0.4, -0.2) is 73.2 Å². The summed E-state index contributed by atoms with van der Waals surface area (Å²) in [5.41, 5.74) is 1.29. The molecule has 1 atom stereocenters. The van der Waals surface area contributed by atoms with Crippen molar-refractivity contribution in [1.29, 1.82) is 0 Å². The molecule has 1 aromatic rings. The van der Waals surface area contributed by atoms with Crippen molar-refractivity contribution >= 4 is 23.6 Å². The monoisotopic (exact) mass is 377 g/mol. The molecule has 0 radical (unpaired) electrons. The van der Waals surface area contributed by atoms with Gasteiger partial charge in [-0.2, -0.15) is 0 Å². The van der Waals surface area contributed by atoms with Crippen LogP contribution in [0, 0.1) is 0 Å². The number of aliphatic hydroxyl groups excluding tert-OH is 1. The summed E-state index contributed by atoms with van der Waals surface area (Å²) >= 11 is 0. The summed E-state index contributed by atoms with van der Waals surface area (Å²) in [6, 6.07) is 7.66. The van der Waals surface area contributed by atoms with Gasteiger partial charge in [-0.3, -0.25) is 4.90 Å². The zero-order valence-corrected chi connectivity index (χ0v) is 16.1. The molecule has 2 aliphatic heterocycles. The van der Waals surface area contributed by atoms with Crippen molar-refractivity contribution < 1.29 is 24.2 Å². The number of nitrogens with zero attached hydrogens (tertiary/aromatic N) is 3. The van der Waals surface area contributed by atoms with Crippen molar-refractivity contribution in [3.63, 3.8) is 0 Å². The van der Waals surface area contributed by atoms with Crippen molar-refractivity contribution in [2.75, 3.05) is 49.1 Å². The Kier molecular flexibility index (Phi) is 5.46. The van der Waals surface area contributed by atoms with Gasteiger partial charge in [-0.05, 0) is 45.0 Å². The van der Waals surface area contributed by atoms with E-state index in [1.54, 1.807) is 4.90 Å². The predicted octanol–water partition coefficient (Wildman–Crippen LogP) is 2.06. The number of amides is 2. The highest BCUT2D eigenvalue weighted by Crippen LogP contribution is 2.25. The van der Waals surface area contributed by atoms with Gasteiger partial charge >= 0.3 is 12.2 Å². The highest BCUT2D eigenvalue weighted by Gasteiger charge is 2.32. The van der Waals surface area contributed by atoms with E-state index >= 15 is 0 Å². The van der Waals surface area contributed by atoms with Crippen LogP contribution in [0.25, 0.3) is 0 Å². The van der Waals surface area contributed by atoms with Gasteiger partial charge in [0.2, 0.25) is 0 Å². The Morgan fingerprint density at radius 3 is 2.26 bits per heavy atom. The number of carbonyl (C=O) groups excluding carboxylic acids is 2. The van der Waals surface area contributed by atoms with Gasteiger partial charge in [0.1, 0.15) is 11.7 Å². The Morgan fingerprint density at radius 1 is 1.15 bits per heavy atom. The molecule has 1 unspecified atom stereocenters. The van der Waals surface area contributed by atoms with Crippen LogP contribution in [0.4, 0.5) is 21.0 Å². The summed E-state index contributed by atoms with van der Waals surface area (Å²) in [6.45, 7) is 8.41. The predicted molar refractivity (Wildman–Crippen MR) is 101 cm³/mol. The van der Waals surface area contributed by atoms with Crippen LogP contribution in [0.1, 0.15) is 20.8 Å². The minimum absolute atomic E-state index is 0.178. The molecule has 1 N–H and O–H groups in total. The van der Waals surface area contributed by atoms with Gasteiger partial charge in [0.15, 0.2) is 0 Å². The van der Waals surface area contributed by atoms with E-state index in [0.717, 1.165) is 24.5 Å². The molecule has 0 saturated carbocycles. The number of aliphatic hydroxyl groups is 1. The van der Waals surface area contributed by atoms with Crippen LogP contribution in [0.5, 0.6) is 0 Å². The number of benzene rings is 1. The number of anilines is 2. The van der Waals surface area contributed by atoms with Gasteiger partial charge < -0.3 is 24.4 Å². The van der Waals surface area contributed by atoms with Crippen molar-refractivity contribution in [2.45, 2.75) is 32.5 Å². The molecule has 2 amide bonds. The van der Waals surface area contributed by atoms with Crippen molar-refractivity contribution in [2.24, 2.45) is 0 Å². The number of rotatable bonds is 3. The smallest absolute Gasteiger partial charge is 0.414 e. The molecule has 2 fully saturated rings. The Hall–Kier alpha value is -2.48. The number of cyclic esters (lactones) is 1. The lowest BCUT2D eigenvalue weighted by Gasteiger charge is -2.36. The second-order valence-corrected chi connectivity index (χ2v) is 7.77. The zero-order valence-electron chi connectivity index (χ0n) is 16.1. The average molecular weight is 377 g/mol. The zero-order chi connectivity index (χ0) is 19.6. The molecule has 2 saturated heterocycles. The van der Waals surface area contributed by atoms with Crippen LogP contribution >= 0.6 is 0 Å². The first-order chi connectivity index (χ1) is 12.8. The molecular formula is C19H27N3O5. The molecule has 8 nitrogen and oxygen atoms in total. The average Bonchev–Trinajstić information content (AvgIpc) is 3.01. The van der Waals surface area contributed by atoms with E-state index in [2.05, 4.69) is 4.90 Å². The topological polar surface area (TPSA) is 82.6 Å². The second kappa shape index (κ2) is 7.64. The third kappa shape index (κ3) is 4.63. The van der Waals surface area contributed by atoms with Crippen LogP contribution in [-0.2, 0) is 9.47 Å². The fourth-order valence-electron chi connectivity index (χ4n) is 3.14. The number of piperazine rings is 1. The van der Waals surface area contributed by atoms with E-state index < -0.39 is 17.8 Å². The molecule has 148 valence electrons. The quantitative estimate of drug-likeness (QED) is 0.868. The maximum Gasteiger partial charge on any atom is 0.414 e. The molecule has 8 heteroatoms. The van der Waals surface area contributed by atoms with Crippen molar-refractivity contribution in [3.05, 3.63) is 24.3 Å². The number of hydrogen-bond donors (Lipinski definition) is 1. The molecule has 3 rings (SSSR count). The normalized spacial score (nSPS) is 20.7. The maximum atomic E-state index is 12.1. The minimum Gasteiger partial charge on any atom is -0.444 e. The number of hydrogen-bond acceptors (Lipinski definition) is 6. The van der Waals surface area contributed by atoms with Crippen LogP contribution < -0.4 is 9.80 Å². The Balaban J connectivity index is 1.56. The second-order valence-electron chi connectivity index (χ2n) is 7.77. The fourth-order valence-corrected chi connectivity index (χ4v) is 3.14. The SMILES string of the molecule is CC(C)(C)OC(=O)N1CCN(c2ccc(N3CC(CO)OC3=O)cc2)CC1. The Morgan fingerprint density at radius 2 is 1.74 bits per heavy atom. The lowest BCUT2D eigenvalue weighted by atomic mass is 10.2. The highest BCUT2D eigenvalue weighted by molar-refractivity contribution is 5.90. The van der Waals surface area contributed by atoms with E-state index in [4.69, 9.17) is 14.6 Å². The first-order valence-electron chi connectivity index (χ1n) is 9.19. The Labute approximate surface area is 159 Å². The van der Waals surface area contributed by atoms with Gasteiger partial charge in [0.05, 0.1) is 13.2 Å². The molecule has 0 bridgehead atoms. The molecule has 0 aromatic heterocycles. The molecular weight excluding hydrogens is 350 g/mol. The van der Waals surface area contributed by atoms with Gasteiger partial charge in [-0.15, -0.1) is 0 Å². The lowest BCUT2D eigenvalue weighted by molar-refractivity contribution is 0.0240. The summed E-state index contributed by atoms with van der Waals surface area (Å²) in [6.07, 6.45) is -1.19. The summed E-state index contributed by atoms with van der Waals surface area (Å²) in [4.78, 5) is 29.5. The third-order valence-corrected chi connectivity index (χ3v) is 4.54. The molecule has 0 spiro atoms. The first-order valence-corrected chi connectivity index (χ1v) is 9.19. The van der Waals surface area contributed by atoms with E-state index in [-0.39, 0.29) is 12.7 Å². The van der Waals surface area contributed by atoms with Crippen LogP contribution in [0.3, 0.4) is 0 Å². The highest BCUT2D eigenvalue weighted by atomic mass is 16.6. The minimum atomic E-state index is -0.490. The summed E-state index contributed by atoms with van der Waals surface area (Å²) < 4.78 is 10.5. The van der Waals surface area contributed by atoms with E-state index in [1.165, 1.54) is 4.90 Å². The van der Waals surface area contributed by atoms with Crippen molar-refractivity contribution in [1.82, 2.24) is 4.90 Å². The third-order valence-electron chi connectivity index (χ3n) is 4.54.